The van der Waals surface area contributed by atoms with Gasteiger partial charge >= 0.3 is 5.97 Å². The van der Waals surface area contributed by atoms with Gasteiger partial charge in [-0.1, -0.05) is 43.3 Å². The van der Waals surface area contributed by atoms with E-state index in [9.17, 15) is 19.5 Å². The van der Waals surface area contributed by atoms with Gasteiger partial charge in [0.25, 0.3) is 5.91 Å². The van der Waals surface area contributed by atoms with Crippen molar-refractivity contribution < 1.29 is 24.2 Å². The van der Waals surface area contributed by atoms with E-state index >= 15 is 0 Å². The lowest BCUT2D eigenvalue weighted by atomic mass is 9.66. The minimum Gasteiger partial charge on any atom is -0.466 e. The molecule has 3 fully saturated rings. The first-order chi connectivity index (χ1) is 17.4. The molecule has 6 atom stereocenters. The third-order valence-electron chi connectivity index (χ3n) is 8.00. The Bertz CT molecular complexity index is 1220. The molecule has 2 aromatic rings. The molecule has 0 aromatic heterocycles. The number of carbonyl (C=O) groups excluding carboxylic acids is 3. The van der Waals surface area contributed by atoms with Crippen molar-refractivity contribution in [2.75, 3.05) is 31.2 Å². The summed E-state index contributed by atoms with van der Waals surface area (Å²) in [5.74, 6) is -1.98. The number of anilines is 1. The number of carbonyl (C=O) groups is 3. The molecular weight excluding hydrogens is 476 g/mol. The maximum atomic E-state index is 14.4. The van der Waals surface area contributed by atoms with Crippen molar-refractivity contribution in [3.63, 3.8) is 0 Å². The zero-order chi connectivity index (χ0) is 25.6. The summed E-state index contributed by atoms with van der Waals surface area (Å²) in [4.78, 5) is 44.5. The number of fused-ring (bicyclic) bond motifs is 2. The Morgan fingerprint density at radius 3 is 2.72 bits per heavy atom. The van der Waals surface area contributed by atoms with Gasteiger partial charge in [-0.15, -0.1) is 18.3 Å². The maximum Gasteiger partial charge on any atom is 0.310 e. The lowest BCUT2D eigenvalue weighted by molar-refractivity contribution is -0.154. The number of benzene rings is 2. The number of β-amino-alcohol motifs (C(OH)–C–C–N with tert-alkyl or cyclic N) is 1. The van der Waals surface area contributed by atoms with Crippen LogP contribution in [-0.4, -0.2) is 70.1 Å². The first-order valence-corrected chi connectivity index (χ1v) is 13.4. The molecule has 0 radical (unpaired) electrons. The Morgan fingerprint density at radius 2 is 2.03 bits per heavy atom. The smallest absolute Gasteiger partial charge is 0.310 e. The van der Waals surface area contributed by atoms with Gasteiger partial charge in [0, 0.05) is 24.0 Å². The Kier molecular flexibility index (Phi) is 6.59. The highest BCUT2D eigenvalue weighted by molar-refractivity contribution is 8.02. The van der Waals surface area contributed by atoms with E-state index in [2.05, 4.69) is 13.5 Å². The van der Waals surface area contributed by atoms with Gasteiger partial charge in [0.05, 0.1) is 29.8 Å². The van der Waals surface area contributed by atoms with Crippen LogP contribution in [0.5, 0.6) is 0 Å². The molecule has 3 saturated heterocycles. The fraction of sp³-hybridized carbons (Fsp3) is 0.464. The Labute approximate surface area is 215 Å². The molecule has 0 saturated carbocycles. The summed E-state index contributed by atoms with van der Waals surface area (Å²) >= 11 is 1.60. The third-order valence-corrected chi connectivity index (χ3v) is 10.1. The van der Waals surface area contributed by atoms with Crippen molar-refractivity contribution in [3.05, 3.63) is 55.1 Å². The quantitative estimate of drug-likeness (QED) is 0.435. The molecular formula is C28H32N2O5S. The first kappa shape index (κ1) is 24.8. The van der Waals surface area contributed by atoms with Crippen molar-refractivity contribution in [1.29, 1.82) is 0 Å². The van der Waals surface area contributed by atoms with Crippen LogP contribution >= 0.6 is 11.8 Å². The molecule has 0 aliphatic carbocycles. The molecule has 5 rings (SSSR count). The molecule has 3 unspecified atom stereocenters. The molecule has 8 heteroatoms. The van der Waals surface area contributed by atoms with Gasteiger partial charge in [-0.25, -0.2) is 0 Å². The molecule has 3 heterocycles. The largest absolute Gasteiger partial charge is 0.466 e. The topological polar surface area (TPSA) is 87.2 Å². The Morgan fingerprint density at radius 1 is 1.28 bits per heavy atom. The van der Waals surface area contributed by atoms with Gasteiger partial charge in [-0.3, -0.25) is 14.4 Å². The number of rotatable bonds is 8. The fourth-order valence-corrected chi connectivity index (χ4v) is 9.00. The molecule has 3 aliphatic rings. The van der Waals surface area contributed by atoms with Gasteiger partial charge in [-0.05, 0) is 42.2 Å². The van der Waals surface area contributed by atoms with E-state index in [1.54, 1.807) is 29.7 Å². The zero-order valence-electron chi connectivity index (χ0n) is 20.6. The number of amides is 2. The van der Waals surface area contributed by atoms with Gasteiger partial charge in [0.15, 0.2) is 0 Å². The number of ether oxygens (including phenoxy) is 1. The van der Waals surface area contributed by atoms with Gasteiger partial charge in [0.1, 0.15) is 6.04 Å². The molecule has 1 spiro atoms. The standard InChI is InChI=1S/C28H32N2O5S/c1-4-12-29(20-11-10-18-8-6-7-9-19(18)16-20)26(33)24-28-17(3)15-21(36-28)22(27(34)35-5-2)23(28)25(32)30(24)13-14-31/h4,6-11,16-17,21-24,31H,1,5,12-15H2,2-3H3/t17?,21-,22+,23-,24?,28?/m0/s1. The van der Waals surface area contributed by atoms with Crippen molar-refractivity contribution >= 4 is 46.0 Å². The van der Waals surface area contributed by atoms with Crippen LogP contribution in [0.1, 0.15) is 20.3 Å². The van der Waals surface area contributed by atoms with E-state index in [1.165, 1.54) is 4.90 Å². The van der Waals surface area contributed by atoms with Crippen molar-refractivity contribution in [2.45, 2.75) is 36.3 Å². The summed E-state index contributed by atoms with van der Waals surface area (Å²) in [6, 6.07) is 13.0. The minimum absolute atomic E-state index is 0.0423. The molecule has 1 N–H and O–H groups in total. The first-order valence-electron chi connectivity index (χ1n) is 12.6. The van der Waals surface area contributed by atoms with Crippen LogP contribution in [0.15, 0.2) is 55.1 Å². The predicted molar refractivity (Wildman–Crippen MR) is 141 cm³/mol. The molecule has 190 valence electrons. The second-order valence-electron chi connectivity index (χ2n) is 9.83. The maximum absolute atomic E-state index is 14.4. The van der Waals surface area contributed by atoms with Crippen LogP contribution in [0, 0.1) is 17.8 Å². The normalized spacial score (nSPS) is 30.5. The minimum atomic E-state index is -0.794. The average molecular weight is 509 g/mol. The van der Waals surface area contributed by atoms with Gasteiger partial charge in [0.2, 0.25) is 5.91 Å². The van der Waals surface area contributed by atoms with Crippen molar-refractivity contribution in [2.24, 2.45) is 17.8 Å². The van der Waals surface area contributed by atoms with Crippen LogP contribution < -0.4 is 4.90 Å². The van der Waals surface area contributed by atoms with Crippen LogP contribution in [0.3, 0.4) is 0 Å². The van der Waals surface area contributed by atoms with Crippen molar-refractivity contribution in [1.82, 2.24) is 4.90 Å². The zero-order valence-corrected chi connectivity index (χ0v) is 21.4. The van der Waals surface area contributed by atoms with Crippen LogP contribution in [0.25, 0.3) is 10.8 Å². The van der Waals surface area contributed by atoms with Crippen LogP contribution in [-0.2, 0) is 19.1 Å². The van der Waals surface area contributed by atoms with E-state index < -0.39 is 22.6 Å². The molecule has 7 nitrogen and oxygen atoms in total. The number of thioether (sulfide) groups is 1. The summed E-state index contributed by atoms with van der Waals surface area (Å²) in [6.45, 7) is 8.00. The van der Waals surface area contributed by atoms with Gasteiger partial charge < -0.3 is 19.6 Å². The number of aliphatic hydroxyl groups is 1. The molecule has 3 aliphatic heterocycles. The van der Waals surface area contributed by atoms with Crippen molar-refractivity contribution in [3.8, 4) is 0 Å². The Hall–Kier alpha value is -2.84. The number of esters is 1. The molecule has 36 heavy (non-hydrogen) atoms. The second-order valence-corrected chi connectivity index (χ2v) is 11.4. The fourth-order valence-electron chi connectivity index (χ4n) is 6.60. The molecule has 2 aromatic carbocycles. The number of nitrogens with zero attached hydrogens (tertiary/aromatic N) is 2. The average Bonchev–Trinajstić information content (AvgIpc) is 3.46. The lowest BCUT2D eigenvalue weighted by Gasteiger charge is -2.40. The summed E-state index contributed by atoms with van der Waals surface area (Å²) in [5, 5.41) is 11.9. The highest BCUT2D eigenvalue weighted by Gasteiger charge is 2.76. The summed E-state index contributed by atoms with van der Waals surface area (Å²) in [7, 11) is 0. The number of aliphatic hydroxyl groups excluding tert-OH is 1. The van der Waals surface area contributed by atoms with E-state index in [4.69, 9.17) is 4.74 Å². The molecule has 2 bridgehead atoms. The monoisotopic (exact) mass is 508 g/mol. The number of likely N-dealkylation sites (tertiary alicyclic amines) is 1. The Balaban J connectivity index is 1.59. The van der Waals surface area contributed by atoms with Gasteiger partial charge in [-0.2, -0.15) is 0 Å². The third kappa shape index (κ3) is 3.57. The second kappa shape index (κ2) is 9.56. The SMILES string of the molecule is C=CCN(C(=O)C1N(CCO)C(=O)[C@@H]2[C@H](C(=O)OCC)[C@@H]3CC(C)C12S3)c1ccc2ccccc2c1. The molecule has 2 amide bonds. The summed E-state index contributed by atoms with van der Waals surface area (Å²) < 4.78 is 4.62. The highest BCUT2D eigenvalue weighted by Crippen LogP contribution is 2.68. The highest BCUT2D eigenvalue weighted by atomic mass is 32.2. The van der Waals surface area contributed by atoms with E-state index in [1.807, 2.05) is 42.5 Å². The van der Waals surface area contributed by atoms with E-state index in [0.29, 0.717) is 0 Å². The lowest BCUT2D eigenvalue weighted by Crippen LogP contribution is -2.57. The number of hydrogen-bond acceptors (Lipinski definition) is 6. The van der Waals surface area contributed by atoms with Crippen LogP contribution in [0.2, 0.25) is 0 Å². The number of hydrogen-bond donors (Lipinski definition) is 1. The summed E-state index contributed by atoms with van der Waals surface area (Å²) in [5.41, 5.74) is 0.724. The predicted octanol–water partition coefficient (Wildman–Crippen LogP) is 3.25. The van der Waals surface area contributed by atoms with E-state index in [-0.39, 0.29) is 55.3 Å². The van der Waals surface area contributed by atoms with E-state index in [0.717, 1.165) is 22.9 Å². The van der Waals surface area contributed by atoms with Crippen LogP contribution in [0.4, 0.5) is 5.69 Å². The summed E-state index contributed by atoms with van der Waals surface area (Å²) in [6.07, 6.45) is 2.42.